The number of hydrogen-bond donors (Lipinski definition) is 3. The van der Waals surface area contributed by atoms with Crippen LogP contribution < -0.4 is 16.0 Å². The van der Waals surface area contributed by atoms with Crippen LogP contribution in [-0.4, -0.2) is 38.0 Å². The van der Waals surface area contributed by atoms with Crippen LogP contribution in [0.4, 0.5) is 0 Å². The Labute approximate surface area is 151 Å². The molecule has 0 heterocycles. The van der Waals surface area contributed by atoms with Gasteiger partial charge in [-0.05, 0) is 49.8 Å². The summed E-state index contributed by atoms with van der Waals surface area (Å²) in [5, 5.41) is 9.59. The van der Waals surface area contributed by atoms with Gasteiger partial charge in [-0.15, -0.1) is 0 Å². The molecule has 0 saturated heterocycles. The summed E-state index contributed by atoms with van der Waals surface area (Å²) in [7, 11) is 1.65. The van der Waals surface area contributed by atoms with E-state index >= 15 is 0 Å². The lowest BCUT2D eigenvalue weighted by Crippen LogP contribution is -2.45. The van der Waals surface area contributed by atoms with Crippen molar-refractivity contribution in [2.45, 2.75) is 52.0 Å². The molecule has 1 amide bonds. The van der Waals surface area contributed by atoms with Crippen LogP contribution in [-0.2, 0) is 6.42 Å². The van der Waals surface area contributed by atoms with Crippen LogP contribution in [0.15, 0.2) is 29.3 Å². The summed E-state index contributed by atoms with van der Waals surface area (Å²) < 4.78 is 0. The van der Waals surface area contributed by atoms with Gasteiger partial charge in [-0.25, -0.2) is 0 Å². The predicted octanol–water partition coefficient (Wildman–Crippen LogP) is 2.72. The lowest BCUT2D eigenvalue weighted by atomic mass is 9.87. The van der Waals surface area contributed by atoms with E-state index in [9.17, 15) is 4.79 Å². The fourth-order valence-electron chi connectivity index (χ4n) is 3.39. The van der Waals surface area contributed by atoms with Gasteiger partial charge in [0, 0.05) is 31.7 Å². The van der Waals surface area contributed by atoms with Crippen molar-refractivity contribution >= 4 is 11.9 Å². The zero-order chi connectivity index (χ0) is 18.1. The van der Waals surface area contributed by atoms with Gasteiger partial charge in [0.05, 0.1) is 0 Å². The number of aliphatic imine (C=N–C) groups is 1. The van der Waals surface area contributed by atoms with Crippen LogP contribution in [0.2, 0.25) is 0 Å². The molecule has 0 radical (unpaired) electrons. The smallest absolute Gasteiger partial charge is 0.251 e. The van der Waals surface area contributed by atoms with E-state index in [4.69, 9.17) is 4.99 Å². The van der Waals surface area contributed by atoms with E-state index in [-0.39, 0.29) is 5.91 Å². The number of benzene rings is 1. The fourth-order valence-corrected chi connectivity index (χ4v) is 3.39. The Kier molecular flexibility index (Phi) is 7.76. The quantitative estimate of drug-likeness (QED) is 0.549. The number of amides is 1. The van der Waals surface area contributed by atoms with E-state index in [2.05, 4.69) is 29.8 Å². The highest BCUT2D eigenvalue weighted by Crippen LogP contribution is 2.23. The highest BCUT2D eigenvalue weighted by Gasteiger charge is 2.19. The molecule has 1 aliphatic carbocycles. The van der Waals surface area contributed by atoms with E-state index in [1.165, 1.54) is 25.7 Å². The Hall–Kier alpha value is -2.04. The lowest BCUT2D eigenvalue weighted by molar-refractivity contribution is 0.0963. The van der Waals surface area contributed by atoms with E-state index in [0.29, 0.717) is 18.2 Å². The number of rotatable bonds is 6. The van der Waals surface area contributed by atoms with Gasteiger partial charge in [-0.1, -0.05) is 31.9 Å². The second-order valence-electron chi connectivity index (χ2n) is 6.90. The van der Waals surface area contributed by atoms with Crippen LogP contribution in [0.3, 0.4) is 0 Å². The number of nitrogens with zero attached hydrogens (tertiary/aromatic N) is 1. The summed E-state index contributed by atoms with van der Waals surface area (Å²) in [6.45, 7) is 5.99. The average Bonchev–Trinajstić information content (AvgIpc) is 2.61. The monoisotopic (exact) mass is 344 g/mol. The van der Waals surface area contributed by atoms with Gasteiger partial charge in [-0.3, -0.25) is 9.79 Å². The van der Waals surface area contributed by atoms with Gasteiger partial charge in [0.2, 0.25) is 0 Å². The molecule has 1 aromatic carbocycles. The average molecular weight is 345 g/mol. The van der Waals surface area contributed by atoms with E-state index in [1.54, 1.807) is 7.05 Å². The molecule has 138 valence electrons. The molecular weight excluding hydrogens is 312 g/mol. The molecular formula is C20H32N4O. The molecule has 2 unspecified atom stereocenters. The zero-order valence-corrected chi connectivity index (χ0v) is 15.8. The Morgan fingerprint density at radius 3 is 2.88 bits per heavy atom. The summed E-state index contributed by atoms with van der Waals surface area (Å²) in [5.74, 6) is 1.65. The van der Waals surface area contributed by atoms with Crippen molar-refractivity contribution in [2.24, 2.45) is 10.9 Å². The highest BCUT2D eigenvalue weighted by molar-refractivity contribution is 5.94. The molecule has 2 atom stereocenters. The Balaban J connectivity index is 1.91. The molecule has 0 aromatic heterocycles. The van der Waals surface area contributed by atoms with Crippen molar-refractivity contribution in [2.75, 3.05) is 20.1 Å². The van der Waals surface area contributed by atoms with Gasteiger partial charge in [0.15, 0.2) is 5.96 Å². The summed E-state index contributed by atoms with van der Waals surface area (Å²) in [5.41, 5.74) is 1.83. The first-order chi connectivity index (χ1) is 12.1. The van der Waals surface area contributed by atoms with Crippen LogP contribution >= 0.6 is 0 Å². The molecule has 25 heavy (non-hydrogen) atoms. The Morgan fingerprint density at radius 1 is 1.32 bits per heavy atom. The topological polar surface area (TPSA) is 65.5 Å². The molecule has 2 rings (SSSR count). The molecule has 5 heteroatoms. The summed E-state index contributed by atoms with van der Waals surface area (Å²) in [6.07, 6.45) is 5.90. The first-order valence-corrected chi connectivity index (χ1v) is 9.48. The number of guanidine groups is 1. The van der Waals surface area contributed by atoms with Crippen molar-refractivity contribution < 1.29 is 4.79 Å². The third-order valence-electron chi connectivity index (χ3n) is 4.71. The molecule has 1 aliphatic rings. The third-order valence-corrected chi connectivity index (χ3v) is 4.71. The molecule has 5 nitrogen and oxygen atoms in total. The number of hydrogen-bond acceptors (Lipinski definition) is 2. The normalized spacial score (nSPS) is 20.8. The van der Waals surface area contributed by atoms with Crippen LogP contribution in [0.1, 0.15) is 55.5 Å². The fraction of sp³-hybridized carbons (Fsp3) is 0.600. The lowest BCUT2D eigenvalue weighted by Gasteiger charge is -2.28. The van der Waals surface area contributed by atoms with Crippen molar-refractivity contribution in [3.63, 3.8) is 0 Å². The van der Waals surface area contributed by atoms with Gasteiger partial charge in [-0.2, -0.15) is 0 Å². The van der Waals surface area contributed by atoms with E-state index in [0.717, 1.165) is 30.4 Å². The zero-order valence-electron chi connectivity index (χ0n) is 15.8. The summed E-state index contributed by atoms with van der Waals surface area (Å²) in [4.78, 5) is 16.4. The maximum Gasteiger partial charge on any atom is 0.251 e. The first-order valence-electron chi connectivity index (χ1n) is 9.48. The largest absolute Gasteiger partial charge is 0.357 e. The summed E-state index contributed by atoms with van der Waals surface area (Å²) >= 11 is 0. The second kappa shape index (κ2) is 10.1. The molecule has 3 N–H and O–H groups in total. The SMILES string of the molecule is CCNC(=NCCc1cccc(C(=O)NC)c1)NC1CCCC(C)C1. The minimum absolute atomic E-state index is 0.0493. The molecule has 0 spiro atoms. The van der Waals surface area contributed by atoms with Gasteiger partial charge in [0.25, 0.3) is 5.91 Å². The number of nitrogens with one attached hydrogen (secondary N) is 3. The van der Waals surface area contributed by atoms with Gasteiger partial charge in [0.1, 0.15) is 0 Å². The predicted molar refractivity (Wildman–Crippen MR) is 104 cm³/mol. The summed E-state index contributed by atoms with van der Waals surface area (Å²) in [6, 6.07) is 8.28. The van der Waals surface area contributed by atoms with Crippen molar-refractivity contribution in [1.29, 1.82) is 0 Å². The maximum absolute atomic E-state index is 11.7. The molecule has 1 fully saturated rings. The number of carbonyl (C=O) groups is 1. The minimum Gasteiger partial charge on any atom is -0.357 e. The van der Waals surface area contributed by atoms with Gasteiger partial charge >= 0.3 is 0 Å². The van der Waals surface area contributed by atoms with E-state index < -0.39 is 0 Å². The van der Waals surface area contributed by atoms with Crippen molar-refractivity contribution in [3.05, 3.63) is 35.4 Å². The maximum atomic E-state index is 11.7. The minimum atomic E-state index is -0.0493. The molecule has 0 aliphatic heterocycles. The van der Waals surface area contributed by atoms with Crippen molar-refractivity contribution in [1.82, 2.24) is 16.0 Å². The third kappa shape index (κ3) is 6.40. The van der Waals surface area contributed by atoms with Crippen LogP contribution in [0, 0.1) is 5.92 Å². The van der Waals surface area contributed by atoms with Crippen LogP contribution in [0.5, 0.6) is 0 Å². The highest BCUT2D eigenvalue weighted by atomic mass is 16.1. The molecule has 0 bridgehead atoms. The number of carbonyl (C=O) groups excluding carboxylic acids is 1. The Bertz CT molecular complexity index is 585. The van der Waals surface area contributed by atoms with Gasteiger partial charge < -0.3 is 16.0 Å². The van der Waals surface area contributed by atoms with Crippen molar-refractivity contribution in [3.8, 4) is 0 Å². The van der Waals surface area contributed by atoms with E-state index in [1.807, 2.05) is 24.3 Å². The first kappa shape index (κ1) is 19.3. The second-order valence-corrected chi connectivity index (χ2v) is 6.90. The Morgan fingerprint density at radius 2 is 2.16 bits per heavy atom. The molecule has 1 saturated carbocycles. The standard InChI is InChI=1S/C20H32N4O/c1-4-22-20(24-18-10-5-7-15(2)13-18)23-12-11-16-8-6-9-17(14-16)19(25)21-3/h6,8-9,14-15,18H,4-5,7,10-13H2,1-3H3,(H,21,25)(H2,22,23,24). The molecule has 1 aromatic rings. The van der Waals surface area contributed by atoms with Crippen LogP contribution in [0.25, 0.3) is 0 Å².